The zero-order chi connectivity index (χ0) is 10.2. The van der Waals surface area contributed by atoms with E-state index in [1.165, 1.54) is 6.92 Å². The Kier molecular flexibility index (Phi) is 2.70. The fourth-order valence-corrected chi connectivity index (χ4v) is 0.907. The van der Waals surface area contributed by atoms with Crippen molar-refractivity contribution >= 4 is 34.8 Å². The third kappa shape index (κ3) is 2.24. The Morgan fingerprint density at radius 2 is 1.92 bits per heavy atom. The first-order valence-corrected chi connectivity index (χ1v) is 4.24. The standard InChI is InChI=1S/C5H5Cl3N4O/c1-2-10-3(5(6,7)8)11-4(9)12(2)13/h9,13H,1H3. The summed E-state index contributed by atoms with van der Waals surface area (Å²) >= 11 is 16.5. The van der Waals surface area contributed by atoms with Crippen molar-refractivity contribution in [1.29, 1.82) is 5.41 Å². The Bertz CT molecular complexity index is 382. The van der Waals surface area contributed by atoms with Crippen LogP contribution >= 0.6 is 34.8 Å². The molecule has 8 heteroatoms. The van der Waals surface area contributed by atoms with E-state index in [0.717, 1.165) is 0 Å². The summed E-state index contributed by atoms with van der Waals surface area (Å²) in [4.78, 5) is 7.17. The van der Waals surface area contributed by atoms with Crippen molar-refractivity contribution in [3.05, 3.63) is 17.3 Å². The lowest BCUT2D eigenvalue weighted by Crippen LogP contribution is -2.28. The number of rotatable bonds is 0. The van der Waals surface area contributed by atoms with Crippen LogP contribution in [-0.4, -0.2) is 19.9 Å². The predicted molar refractivity (Wildman–Crippen MR) is 47.0 cm³/mol. The quantitative estimate of drug-likeness (QED) is 0.530. The van der Waals surface area contributed by atoms with Gasteiger partial charge in [0.05, 0.1) is 0 Å². The second kappa shape index (κ2) is 3.32. The van der Waals surface area contributed by atoms with Crippen LogP contribution in [-0.2, 0) is 3.79 Å². The second-order valence-electron chi connectivity index (χ2n) is 2.23. The normalized spacial score (nSPS) is 11.7. The van der Waals surface area contributed by atoms with E-state index in [-0.39, 0.29) is 11.6 Å². The summed E-state index contributed by atoms with van der Waals surface area (Å²) in [5, 5.41) is 16.2. The number of nitrogens with zero attached hydrogens (tertiary/aromatic N) is 3. The van der Waals surface area contributed by atoms with Gasteiger partial charge in [0.25, 0.3) is 5.62 Å². The number of aryl methyl sites for hydroxylation is 1. The molecular formula is C5H5Cl3N4O. The molecule has 0 spiro atoms. The van der Waals surface area contributed by atoms with Crippen LogP contribution in [0.5, 0.6) is 0 Å². The van der Waals surface area contributed by atoms with Gasteiger partial charge < -0.3 is 5.21 Å². The first kappa shape index (κ1) is 10.6. The number of halogens is 3. The van der Waals surface area contributed by atoms with Gasteiger partial charge in [-0.25, -0.2) is 4.98 Å². The van der Waals surface area contributed by atoms with Gasteiger partial charge in [-0.1, -0.05) is 34.8 Å². The van der Waals surface area contributed by atoms with Crippen LogP contribution in [0.3, 0.4) is 0 Å². The summed E-state index contributed by atoms with van der Waals surface area (Å²) in [5.74, 6) is -0.00775. The van der Waals surface area contributed by atoms with Crippen LogP contribution < -0.4 is 5.62 Å². The first-order chi connectivity index (χ1) is 5.82. The summed E-state index contributed by atoms with van der Waals surface area (Å²) in [5.41, 5.74) is -0.436. The van der Waals surface area contributed by atoms with Gasteiger partial charge >= 0.3 is 0 Å². The number of aromatic nitrogens is 3. The summed E-state index contributed by atoms with van der Waals surface area (Å²) in [6.45, 7) is 1.46. The minimum absolute atomic E-state index is 0.126. The van der Waals surface area contributed by atoms with Gasteiger partial charge in [-0.15, -0.1) is 4.73 Å². The lowest BCUT2D eigenvalue weighted by atomic mass is 10.6. The molecule has 2 N–H and O–H groups in total. The van der Waals surface area contributed by atoms with E-state index in [2.05, 4.69) is 9.97 Å². The molecule has 0 aliphatic carbocycles. The molecule has 1 aromatic heterocycles. The van der Waals surface area contributed by atoms with Gasteiger partial charge in [-0.05, 0) is 6.92 Å². The third-order valence-electron chi connectivity index (χ3n) is 1.24. The van der Waals surface area contributed by atoms with Crippen molar-refractivity contribution in [2.45, 2.75) is 10.7 Å². The highest BCUT2D eigenvalue weighted by Gasteiger charge is 2.27. The van der Waals surface area contributed by atoms with Crippen LogP contribution in [0.25, 0.3) is 0 Å². The van der Waals surface area contributed by atoms with Crippen molar-refractivity contribution in [2.24, 2.45) is 0 Å². The topological polar surface area (TPSA) is 74.8 Å². The average Bonchev–Trinajstić information content (AvgIpc) is 1.97. The monoisotopic (exact) mass is 242 g/mol. The molecule has 1 rings (SSSR count). The summed E-state index contributed by atoms with van der Waals surface area (Å²) < 4.78 is -1.30. The SMILES string of the molecule is Cc1nc(C(Cl)(Cl)Cl)nc(=N)n1O. The fraction of sp³-hybridized carbons (Fsp3) is 0.400. The molecule has 0 bridgehead atoms. The largest absolute Gasteiger partial charge is 0.424 e. The van der Waals surface area contributed by atoms with Crippen LogP contribution in [0.15, 0.2) is 0 Å². The van der Waals surface area contributed by atoms with Gasteiger partial charge in [0.2, 0.25) is 3.79 Å². The molecule has 1 aromatic rings. The summed E-state index contributed by atoms with van der Waals surface area (Å²) in [6, 6.07) is 0. The third-order valence-corrected chi connectivity index (χ3v) is 1.75. The molecule has 0 unspecified atom stereocenters. The fourth-order valence-electron chi connectivity index (χ4n) is 0.653. The lowest BCUT2D eigenvalue weighted by molar-refractivity contribution is 0.152. The van der Waals surface area contributed by atoms with E-state index >= 15 is 0 Å². The van der Waals surface area contributed by atoms with Gasteiger partial charge in [0, 0.05) is 0 Å². The Morgan fingerprint density at radius 1 is 1.38 bits per heavy atom. The number of alkyl halides is 3. The molecule has 0 aromatic carbocycles. The average molecular weight is 243 g/mol. The van der Waals surface area contributed by atoms with Crippen LogP contribution in [0.2, 0.25) is 0 Å². The van der Waals surface area contributed by atoms with Crippen LogP contribution in [0, 0.1) is 12.3 Å². The number of hydrogen-bond acceptors (Lipinski definition) is 4. The molecule has 13 heavy (non-hydrogen) atoms. The molecule has 0 amide bonds. The first-order valence-electron chi connectivity index (χ1n) is 3.11. The van der Waals surface area contributed by atoms with Gasteiger partial charge in [-0.3, -0.25) is 5.41 Å². The lowest BCUT2D eigenvalue weighted by Gasteiger charge is -2.10. The second-order valence-corrected chi connectivity index (χ2v) is 4.51. The highest BCUT2D eigenvalue weighted by atomic mass is 35.6. The number of hydrogen-bond donors (Lipinski definition) is 2. The van der Waals surface area contributed by atoms with Crippen molar-refractivity contribution in [3.63, 3.8) is 0 Å². The minimum atomic E-state index is -1.78. The minimum Gasteiger partial charge on any atom is -0.424 e. The molecule has 5 nitrogen and oxygen atoms in total. The summed E-state index contributed by atoms with van der Waals surface area (Å²) in [7, 11) is 0. The maximum atomic E-state index is 9.07. The molecule has 0 fully saturated rings. The smallest absolute Gasteiger partial charge is 0.259 e. The van der Waals surface area contributed by atoms with Crippen molar-refractivity contribution in [1.82, 2.24) is 14.7 Å². The predicted octanol–water partition coefficient (Wildman–Crippen LogP) is 1.13. The molecule has 0 aliphatic rings. The maximum absolute atomic E-state index is 9.07. The zero-order valence-corrected chi connectivity index (χ0v) is 8.69. The van der Waals surface area contributed by atoms with E-state index in [0.29, 0.717) is 4.73 Å². The highest BCUT2D eigenvalue weighted by molar-refractivity contribution is 6.66. The number of nitrogens with one attached hydrogen (secondary N) is 1. The van der Waals surface area contributed by atoms with Crippen molar-refractivity contribution in [3.8, 4) is 0 Å². The molecule has 0 saturated carbocycles. The van der Waals surface area contributed by atoms with Gasteiger partial charge in [0.15, 0.2) is 5.82 Å². The molecular weight excluding hydrogens is 238 g/mol. The van der Waals surface area contributed by atoms with E-state index < -0.39 is 9.41 Å². The van der Waals surface area contributed by atoms with Crippen LogP contribution in [0.1, 0.15) is 11.6 Å². The van der Waals surface area contributed by atoms with E-state index in [9.17, 15) is 0 Å². The Hall–Kier alpha value is -0.520. The molecule has 0 saturated heterocycles. The summed E-state index contributed by atoms with van der Waals surface area (Å²) in [6.07, 6.45) is 0. The van der Waals surface area contributed by atoms with E-state index in [4.69, 9.17) is 45.4 Å². The Labute approximate surface area is 88.4 Å². The molecule has 72 valence electrons. The maximum Gasteiger partial charge on any atom is 0.259 e. The van der Waals surface area contributed by atoms with Crippen molar-refractivity contribution in [2.75, 3.05) is 0 Å². The highest BCUT2D eigenvalue weighted by Crippen LogP contribution is 2.34. The molecule has 0 aliphatic heterocycles. The van der Waals surface area contributed by atoms with E-state index in [1.807, 2.05) is 0 Å². The zero-order valence-electron chi connectivity index (χ0n) is 6.42. The Morgan fingerprint density at radius 3 is 2.31 bits per heavy atom. The van der Waals surface area contributed by atoms with E-state index in [1.54, 1.807) is 0 Å². The van der Waals surface area contributed by atoms with Gasteiger partial charge in [0.1, 0.15) is 5.82 Å². The van der Waals surface area contributed by atoms with Crippen LogP contribution in [0.4, 0.5) is 0 Å². The molecule has 1 heterocycles. The van der Waals surface area contributed by atoms with Gasteiger partial charge in [-0.2, -0.15) is 4.98 Å². The molecule has 0 atom stereocenters. The molecule has 0 radical (unpaired) electrons. The van der Waals surface area contributed by atoms with Crippen molar-refractivity contribution < 1.29 is 5.21 Å². The Balaban J connectivity index is 3.38.